The fraction of sp³-hybridized carbons (Fsp3) is 0.571. The van der Waals surface area contributed by atoms with Crippen LogP contribution in [0.4, 0.5) is 0 Å². The first-order valence-corrected chi connectivity index (χ1v) is 10.0. The van der Waals surface area contributed by atoms with Gasteiger partial charge in [-0.15, -0.1) is 0 Å². The molecule has 8 nitrogen and oxygen atoms in total. The third kappa shape index (κ3) is 4.70. The molecule has 2 heterocycles. The van der Waals surface area contributed by atoms with E-state index in [1.54, 1.807) is 14.2 Å². The number of aromatic nitrogens is 3. The summed E-state index contributed by atoms with van der Waals surface area (Å²) >= 11 is 0. The van der Waals surface area contributed by atoms with Gasteiger partial charge >= 0.3 is 0 Å². The van der Waals surface area contributed by atoms with E-state index in [0.29, 0.717) is 17.4 Å². The van der Waals surface area contributed by atoms with Crippen molar-refractivity contribution in [3.63, 3.8) is 0 Å². The molecule has 0 radical (unpaired) electrons. The van der Waals surface area contributed by atoms with Crippen LogP contribution in [-0.2, 0) is 22.5 Å². The first-order valence-electron chi connectivity index (χ1n) is 10.0. The van der Waals surface area contributed by atoms with Crippen molar-refractivity contribution in [2.75, 3.05) is 20.8 Å². The minimum atomic E-state index is -0.439. The maximum absolute atomic E-state index is 12.1. The van der Waals surface area contributed by atoms with Crippen LogP contribution in [0.25, 0.3) is 0 Å². The normalized spacial score (nSPS) is 19.3. The van der Waals surface area contributed by atoms with Crippen LogP contribution < -0.4 is 14.8 Å². The highest BCUT2D eigenvalue weighted by molar-refractivity contribution is 5.78. The molecule has 1 fully saturated rings. The molecule has 1 aromatic heterocycles. The van der Waals surface area contributed by atoms with Gasteiger partial charge in [-0.3, -0.25) is 4.79 Å². The first kappa shape index (κ1) is 21.1. The third-order valence-corrected chi connectivity index (χ3v) is 4.80. The van der Waals surface area contributed by atoms with Gasteiger partial charge in [-0.2, -0.15) is 5.10 Å². The number of amides is 1. The maximum atomic E-state index is 12.1. The maximum Gasteiger partial charge on any atom is 0.246 e. The van der Waals surface area contributed by atoms with Crippen molar-refractivity contribution in [1.82, 2.24) is 20.1 Å². The number of ether oxygens (including phenoxy) is 3. The Bertz CT molecular complexity index is 849. The van der Waals surface area contributed by atoms with Gasteiger partial charge in [-0.25, -0.2) is 9.67 Å². The highest BCUT2D eigenvalue weighted by Crippen LogP contribution is 2.37. The van der Waals surface area contributed by atoms with E-state index in [4.69, 9.17) is 24.3 Å². The van der Waals surface area contributed by atoms with Crippen LogP contribution in [-0.4, -0.2) is 41.5 Å². The zero-order valence-electron chi connectivity index (χ0n) is 17.8. The molecule has 0 spiro atoms. The van der Waals surface area contributed by atoms with Gasteiger partial charge in [0, 0.05) is 13.0 Å². The van der Waals surface area contributed by atoms with Crippen molar-refractivity contribution in [3.8, 4) is 11.5 Å². The highest BCUT2D eigenvalue weighted by atomic mass is 16.5. The summed E-state index contributed by atoms with van der Waals surface area (Å²) < 4.78 is 18.6. The Morgan fingerprint density at radius 2 is 2.03 bits per heavy atom. The molecule has 1 saturated heterocycles. The van der Waals surface area contributed by atoms with Gasteiger partial charge in [0.2, 0.25) is 5.91 Å². The molecule has 0 aliphatic carbocycles. The molecule has 1 amide bonds. The number of nitrogens with zero attached hydrogens (tertiary/aromatic N) is 3. The van der Waals surface area contributed by atoms with E-state index >= 15 is 0 Å². The highest BCUT2D eigenvalue weighted by Gasteiger charge is 2.36. The summed E-state index contributed by atoms with van der Waals surface area (Å²) in [6, 6.07) is 5.19. The van der Waals surface area contributed by atoms with E-state index in [0.717, 1.165) is 36.6 Å². The fourth-order valence-electron chi connectivity index (χ4n) is 3.52. The second kappa shape index (κ2) is 9.26. The molecular formula is C21H30N4O4. The van der Waals surface area contributed by atoms with Crippen molar-refractivity contribution < 1.29 is 19.0 Å². The molecule has 1 aliphatic rings. The van der Waals surface area contributed by atoms with Crippen molar-refractivity contribution in [2.45, 2.75) is 52.3 Å². The van der Waals surface area contributed by atoms with E-state index in [9.17, 15) is 4.79 Å². The van der Waals surface area contributed by atoms with Crippen LogP contribution in [0.15, 0.2) is 18.2 Å². The predicted octanol–water partition coefficient (Wildman–Crippen LogP) is 2.83. The second-order valence-electron chi connectivity index (χ2n) is 7.60. The van der Waals surface area contributed by atoms with Crippen LogP contribution in [0.1, 0.15) is 56.6 Å². The van der Waals surface area contributed by atoms with Crippen LogP contribution in [0.2, 0.25) is 0 Å². The molecule has 2 atom stereocenters. The van der Waals surface area contributed by atoms with Crippen LogP contribution in [0.3, 0.4) is 0 Å². The Labute approximate surface area is 171 Å². The standard InChI is InChI=1S/C21H30N4O4/c1-6-9-25-21(22-17(24-25)10-13(2)3)20-19(23-18(26)12-29-20)14-7-8-15(27-4)16(11-14)28-5/h7-8,11,13,19-20H,6,9-10,12H2,1-5H3,(H,23,26)/t19-,20+/m1/s1. The summed E-state index contributed by atoms with van der Waals surface area (Å²) in [5.41, 5.74) is 0.858. The molecule has 8 heteroatoms. The predicted molar refractivity (Wildman–Crippen MR) is 108 cm³/mol. The molecule has 2 aromatic rings. The van der Waals surface area contributed by atoms with Gasteiger partial charge in [0.05, 0.1) is 20.3 Å². The summed E-state index contributed by atoms with van der Waals surface area (Å²) in [4.78, 5) is 16.9. The Morgan fingerprint density at radius 1 is 1.28 bits per heavy atom. The lowest BCUT2D eigenvalue weighted by Crippen LogP contribution is -2.42. The molecule has 158 valence electrons. The van der Waals surface area contributed by atoms with Gasteiger partial charge in [0.1, 0.15) is 12.7 Å². The Kier molecular flexibility index (Phi) is 6.74. The van der Waals surface area contributed by atoms with Gasteiger partial charge in [-0.05, 0) is 30.0 Å². The van der Waals surface area contributed by atoms with Crippen molar-refractivity contribution in [2.24, 2.45) is 5.92 Å². The molecule has 0 saturated carbocycles. The van der Waals surface area contributed by atoms with E-state index in [1.165, 1.54) is 0 Å². The fourth-order valence-corrected chi connectivity index (χ4v) is 3.52. The molecular weight excluding hydrogens is 372 g/mol. The van der Waals surface area contributed by atoms with Crippen LogP contribution >= 0.6 is 0 Å². The minimum absolute atomic E-state index is 0.00699. The van der Waals surface area contributed by atoms with Crippen LogP contribution in [0, 0.1) is 5.92 Å². The number of rotatable bonds is 8. The molecule has 0 unspecified atom stereocenters. The van der Waals surface area contributed by atoms with E-state index in [2.05, 4.69) is 26.1 Å². The number of hydrogen-bond acceptors (Lipinski definition) is 6. The summed E-state index contributed by atoms with van der Waals surface area (Å²) in [5, 5.41) is 7.74. The molecule has 1 aliphatic heterocycles. The number of methoxy groups -OCH3 is 2. The SMILES string of the molecule is CCCn1nc(CC(C)C)nc1[C@H]1OCC(=O)N[C@@H]1c1ccc(OC)c(OC)c1. The molecule has 29 heavy (non-hydrogen) atoms. The van der Waals surface area contributed by atoms with E-state index in [-0.39, 0.29) is 12.5 Å². The third-order valence-electron chi connectivity index (χ3n) is 4.80. The monoisotopic (exact) mass is 402 g/mol. The van der Waals surface area contributed by atoms with E-state index < -0.39 is 12.1 Å². The lowest BCUT2D eigenvalue weighted by molar-refractivity contribution is -0.138. The van der Waals surface area contributed by atoms with Crippen molar-refractivity contribution in [1.29, 1.82) is 0 Å². The van der Waals surface area contributed by atoms with Crippen molar-refractivity contribution >= 4 is 5.91 Å². The quantitative estimate of drug-likeness (QED) is 0.731. The van der Waals surface area contributed by atoms with Gasteiger partial charge in [0.15, 0.2) is 23.1 Å². The largest absolute Gasteiger partial charge is 0.493 e. The topological polar surface area (TPSA) is 87.5 Å². The average Bonchev–Trinajstić information content (AvgIpc) is 3.08. The number of morpholine rings is 1. The average molecular weight is 402 g/mol. The smallest absolute Gasteiger partial charge is 0.246 e. The summed E-state index contributed by atoms with van der Waals surface area (Å²) in [6.45, 7) is 7.12. The zero-order valence-corrected chi connectivity index (χ0v) is 17.8. The first-order chi connectivity index (χ1) is 14.0. The molecule has 0 bridgehead atoms. The zero-order chi connectivity index (χ0) is 21.0. The van der Waals surface area contributed by atoms with Gasteiger partial charge in [0.25, 0.3) is 0 Å². The molecule has 3 rings (SSSR count). The number of aryl methyl sites for hydroxylation is 1. The minimum Gasteiger partial charge on any atom is -0.493 e. The number of carbonyl (C=O) groups is 1. The van der Waals surface area contributed by atoms with E-state index in [1.807, 2.05) is 22.9 Å². The Morgan fingerprint density at radius 3 is 2.69 bits per heavy atom. The Hall–Kier alpha value is -2.61. The lowest BCUT2D eigenvalue weighted by atomic mass is 9.98. The number of carbonyl (C=O) groups excluding carboxylic acids is 1. The summed E-state index contributed by atoms with van der Waals surface area (Å²) in [5.74, 6) is 3.06. The Balaban J connectivity index is 2.00. The van der Waals surface area contributed by atoms with Crippen molar-refractivity contribution in [3.05, 3.63) is 35.4 Å². The summed E-state index contributed by atoms with van der Waals surface area (Å²) in [7, 11) is 3.18. The van der Waals surface area contributed by atoms with Gasteiger partial charge < -0.3 is 19.5 Å². The van der Waals surface area contributed by atoms with Crippen LogP contribution in [0.5, 0.6) is 11.5 Å². The number of hydrogen-bond donors (Lipinski definition) is 1. The van der Waals surface area contributed by atoms with Gasteiger partial charge in [-0.1, -0.05) is 26.8 Å². The second-order valence-corrected chi connectivity index (χ2v) is 7.60. The lowest BCUT2D eigenvalue weighted by Gasteiger charge is -2.32. The molecule has 1 aromatic carbocycles. The molecule has 1 N–H and O–H groups in total. The number of nitrogens with one attached hydrogen (secondary N) is 1. The summed E-state index contributed by atoms with van der Waals surface area (Å²) in [6.07, 6.45) is 1.28. The number of benzene rings is 1.